The molecule has 4 atom stereocenters. The van der Waals surface area contributed by atoms with Gasteiger partial charge in [-0.05, 0) is 17.2 Å². The number of nitrogens with two attached hydrogens (primary N) is 1. The smallest absolute Gasteiger partial charge is 0.296 e. The number of fused-ring (bicyclic) bond motifs is 2. The Labute approximate surface area is 206 Å². The highest BCUT2D eigenvalue weighted by Crippen LogP contribution is 2.35. The van der Waals surface area contributed by atoms with Crippen LogP contribution < -0.4 is 10.5 Å². The second kappa shape index (κ2) is 8.96. The molecule has 9 heteroatoms. The van der Waals surface area contributed by atoms with E-state index in [0.717, 1.165) is 16.7 Å². The van der Waals surface area contributed by atoms with Gasteiger partial charge in [0.25, 0.3) is 6.01 Å². The SMILES string of the molecule is NC(=O)C[C@@H]1CO[C@H]2[C@@H]1OC[C@H]2Oc1nc2nc(-c3ccc(-c4ccccc4)cc3)c(Cl)cc2[nH]1. The molecule has 2 aromatic carbocycles. The number of benzene rings is 2. The number of hydrogen-bond acceptors (Lipinski definition) is 6. The average molecular weight is 491 g/mol. The van der Waals surface area contributed by atoms with Gasteiger partial charge in [0.15, 0.2) is 11.8 Å². The second-order valence-corrected chi connectivity index (χ2v) is 9.27. The number of halogens is 1. The van der Waals surface area contributed by atoms with Gasteiger partial charge < -0.3 is 24.9 Å². The zero-order valence-corrected chi connectivity index (χ0v) is 19.4. The predicted molar refractivity (Wildman–Crippen MR) is 131 cm³/mol. The minimum absolute atomic E-state index is 0.0573. The van der Waals surface area contributed by atoms with E-state index >= 15 is 0 Å². The number of carbonyl (C=O) groups excluding carboxylic acids is 1. The van der Waals surface area contributed by atoms with Crippen LogP contribution >= 0.6 is 11.6 Å². The topological polar surface area (TPSA) is 112 Å². The molecule has 0 bridgehead atoms. The van der Waals surface area contributed by atoms with Gasteiger partial charge in [0.1, 0.15) is 6.10 Å². The maximum Gasteiger partial charge on any atom is 0.296 e. The molecule has 2 aliphatic rings. The van der Waals surface area contributed by atoms with Crippen molar-refractivity contribution in [3.05, 3.63) is 65.7 Å². The third-order valence-corrected chi connectivity index (χ3v) is 6.80. The maximum absolute atomic E-state index is 11.3. The summed E-state index contributed by atoms with van der Waals surface area (Å²) in [5.41, 5.74) is 10.3. The van der Waals surface area contributed by atoms with Crippen molar-refractivity contribution in [3.63, 3.8) is 0 Å². The number of ether oxygens (including phenoxy) is 3. The first-order valence-corrected chi connectivity index (χ1v) is 11.8. The van der Waals surface area contributed by atoms with Crippen LogP contribution in [-0.2, 0) is 14.3 Å². The molecule has 3 N–H and O–H groups in total. The predicted octanol–water partition coefficient (Wildman–Crippen LogP) is 3.98. The van der Waals surface area contributed by atoms with Gasteiger partial charge in [-0.3, -0.25) is 4.79 Å². The number of rotatable bonds is 6. The number of aromatic nitrogens is 3. The van der Waals surface area contributed by atoms with Crippen molar-refractivity contribution in [3.8, 4) is 28.4 Å². The molecule has 0 spiro atoms. The van der Waals surface area contributed by atoms with Crippen molar-refractivity contribution in [2.45, 2.75) is 24.7 Å². The van der Waals surface area contributed by atoms with E-state index in [1.165, 1.54) is 0 Å². The Kier molecular flexibility index (Phi) is 5.64. The zero-order valence-electron chi connectivity index (χ0n) is 18.7. The van der Waals surface area contributed by atoms with Crippen LogP contribution in [0.1, 0.15) is 6.42 Å². The Balaban J connectivity index is 1.21. The number of pyridine rings is 1. The van der Waals surface area contributed by atoms with Crippen molar-refractivity contribution in [2.24, 2.45) is 11.7 Å². The van der Waals surface area contributed by atoms with Crippen molar-refractivity contribution in [1.82, 2.24) is 15.0 Å². The summed E-state index contributed by atoms with van der Waals surface area (Å²) in [6.07, 6.45) is -0.604. The normalized spacial score (nSPS) is 23.5. The molecule has 0 unspecified atom stereocenters. The molecule has 0 radical (unpaired) electrons. The molecule has 0 aliphatic carbocycles. The van der Waals surface area contributed by atoms with Crippen molar-refractivity contribution in [2.75, 3.05) is 13.2 Å². The van der Waals surface area contributed by atoms with E-state index in [4.69, 9.17) is 31.5 Å². The molecule has 2 aromatic heterocycles. The number of aromatic amines is 1. The first-order chi connectivity index (χ1) is 17.0. The molecular formula is C26H23ClN4O4. The summed E-state index contributed by atoms with van der Waals surface area (Å²) in [5.74, 6) is -0.420. The van der Waals surface area contributed by atoms with Crippen molar-refractivity contribution < 1.29 is 19.0 Å². The summed E-state index contributed by atoms with van der Waals surface area (Å²) in [6.45, 7) is 0.761. The van der Waals surface area contributed by atoms with Crippen LogP contribution in [-0.4, -0.2) is 52.4 Å². The highest BCUT2D eigenvalue weighted by molar-refractivity contribution is 6.33. The molecule has 6 rings (SSSR count). The van der Waals surface area contributed by atoms with Gasteiger partial charge in [0.2, 0.25) is 5.91 Å². The van der Waals surface area contributed by atoms with Crippen LogP contribution in [0.3, 0.4) is 0 Å². The molecule has 4 heterocycles. The van der Waals surface area contributed by atoms with Crippen LogP contribution in [0, 0.1) is 5.92 Å². The molecule has 2 fully saturated rings. The highest BCUT2D eigenvalue weighted by Gasteiger charge is 2.49. The number of imidazole rings is 1. The fraction of sp³-hybridized carbons (Fsp3) is 0.269. The maximum atomic E-state index is 11.3. The summed E-state index contributed by atoms with van der Waals surface area (Å²) in [4.78, 5) is 23.6. The van der Waals surface area contributed by atoms with Crippen LogP contribution in [0.15, 0.2) is 60.7 Å². The number of H-pyrrole nitrogens is 1. The molecule has 8 nitrogen and oxygen atoms in total. The minimum Gasteiger partial charge on any atom is -0.456 e. The van der Waals surface area contributed by atoms with Crippen molar-refractivity contribution in [1.29, 1.82) is 0 Å². The van der Waals surface area contributed by atoms with Gasteiger partial charge in [0.05, 0.1) is 35.6 Å². The highest BCUT2D eigenvalue weighted by atomic mass is 35.5. The lowest BCUT2D eigenvalue weighted by Gasteiger charge is -2.16. The zero-order chi connectivity index (χ0) is 23.9. The van der Waals surface area contributed by atoms with E-state index in [2.05, 4.69) is 39.2 Å². The Morgan fingerprint density at radius 2 is 1.71 bits per heavy atom. The van der Waals surface area contributed by atoms with Gasteiger partial charge in [-0.25, -0.2) is 4.98 Å². The fourth-order valence-corrected chi connectivity index (χ4v) is 5.09. The van der Waals surface area contributed by atoms with Gasteiger partial charge in [-0.15, -0.1) is 0 Å². The van der Waals surface area contributed by atoms with E-state index in [1.807, 2.05) is 30.3 Å². The van der Waals surface area contributed by atoms with Crippen LogP contribution in [0.2, 0.25) is 5.02 Å². The largest absolute Gasteiger partial charge is 0.456 e. The van der Waals surface area contributed by atoms with E-state index in [1.54, 1.807) is 6.07 Å². The van der Waals surface area contributed by atoms with Gasteiger partial charge in [-0.2, -0.15) is 4.98 Å². The number of hydrogen-bond donors (Lipinski definition) is 2. The van der Waals surface area contributed by atoms with Gasteiger partial charge >= 0.3 is 0 Å². The van der Waals surface area contributed by atoms with E-state index < -0.39 is 0 Å². The summed E-state index contributed by atoms with van der Waals surface area (Å²) in [5, 5.41) is 0.512. The number of nitrogens with zero attached hydrogens (tertiary/aromatic N) is 2. The third kappa shape index (κ3) is 4.25. The first kappa shape index (κ1) is 22.0. The molecule has 4 aromatic rings. The lowest BCUT2D eigenvalue weighted by molar-refractivity contribution is -0.119. The Bertz CT molecular complexity index is 1380. The summed E-state index contributed by atoms with van der Waals surface area (Å²) >= 11 is 6.58. The lowest BCUT2D eigenvalue weighted by atomic mass is 9.97. The minimum atomic E-state index is -0.363. The average Bonchev–Trinajstić information content (AvgIpc) is 3.55. The molecule has 35 heavy (non-hydrogen) atoms. The summed E-state index contributed by atoms with van der Waals surface area (Å²) in [6, 6.07) is 20.4. The third-order valence-electron chi connectivity index (χ3n) is 6.51. The van der Waals surface area contributed by atoms with E-state index in [-0.39, 0.29) is 36.6 Å². The van der Waals surface area contributed by atoms with Crippen LogP contribution in [0.4, 0.5) is 0 Å². The monoisotopic (exact) mass is 490 g/mol. The molecule has 2 saturated heterocycles. The standard InChI is InChI=1S/C26H23ClN4O4/c27-18-11-19-25(30-22(18)16-8-6-15(7-9-16)14-4-2-1-3-5-14)31-26(29-19)35-20-13-34-23-17(10-21(28)32)12-33-24(20)23/h1-9,11,17,20,23-24H,10,12-13H2,(H2,28,32)(H,29,30,31)/t17-,20-,23-,24-/m1/s1. The summed E-state index contributed by atoms with van der Waals surface area (Å²) in [7, 11) is 0. The number of nitrogens with one attached hydrogen (secondary N) is 1. The molecule has 0 saturated carbocycles. The Hall–Kier alpha value is -3.46. The molecule has 178 valence electrons. The first-order valence-electron chi connectivity index (χ1n) is 11.5. The molecule has 2 aliphatic heterocycles. The number of carbonyl (C=O) groups is 1. The Morgan fingerprint density at radius 3 is 2.49 bits per heavy atom. The number of primary amides is 1. The van der Waals surface area contributed by atoms with Crippen molar-refractivity contribution >= 4 is 28.7 Å². The molecular weight excluding hydrogens is 468 g/mol. The van der Waals surface area contributed by atoms with Crippen LogP contribution in [0.25, 0.3) is 33.5 Å². The Morgan fingerprint density at radius 1 is 1.00 bits per heavy atom. The lowest BCUT2D eigenvalue weighted by Crippen LogP contribution is -2.34. The van der Waals surface area contributed by atoms with Gasteiger partial charge in [-0.1, -0.05) is 66.2 Å². The van der Waals surface area contributed by atoms with E-state index in [0.29, 0.717) is 41.1 Å². The summed E-state index contributed by atoms with van der Waals surface area (Å²) < 4.78 is 17.8. The second-order valence-electron chi connectivity index (χ2n) is 8.86. The van der Waals surface area contributed by atoms with Crippen LogP contribution in [0.5, 0.6) is 6.01 Å². The fourth-order valence-electron chi connectivity index (χ4n) is 4.83. The quantitative estimate of drug-likeness (QED) is 0.422. The molecule has 1 amide bonds. The number of amides is 1. The van der Waals surface area contributed by atoms with Gasteiger partial charge in [0, 0.05) is 17.9 Å². The van der Waals surface area contributed by atoms with E-state index in [9.17, 15) is 4.79 Å².